The van der Waals surface area contributed by atoms with Crippen LogP contribution in [0.2, 0.25) is 0 Å². The fraction of sp³-hybridized carbons (Fsp3) is 0.435. The van der Waals surface area contributed by atoms with Crippen LogP contribution < -0.4 is 14.8 Å². The lowest BCUT2D eigenvalue weighted by atomic mass is 10.0. The van der Waals surface area contributed by atoms with Crippen LogP contribution in [0.25, 0.3) is 0 Å². The molecule has 2 aliphatic rings. The second kappa shape index (κ2) is 9.48. The van der Waals surface area contributed by atoms with Crippen molar-refractivity contribution < 1.29 is 22.7 Å². The molecule has 1 N–H and O–H groups in total. The molecule has 1 amide bonds. The molecule has 0 radical (unpaired) electrons. The Labute approximate surface area is 189 Å². The molecule has 2 aromatic carbocycles. The van der Waals surface area contributed by atoms with Gasteiger partial charge in [-0.05, 0) is 68.9 Å². The number of likely N-dealkylation sites (N-methyl/N-ethyl adjacent to an activating group) is 1. The van der Waals surface area contributed by atoms with Crippen LogP contribution in [0.1, 0.15) is 41.2 Å². The van der Waals surface area contributed by atoms with Crippen molar-refractivity contribution in [3.05, 3.63) is 53.6 Å². The highest BCUT2D eigenvalue weighted by Gasteiger charge is 2.26. The monoisotopic (exact) mass is 459 g/mol. The summed E-state index contributed by atoms with van der Waals surface area (Å²) < 4.78 is 38.0. The Kier molecular flexibility index (Phi) is 6.68. The third kappa shape index (κ3) is 4.74. The summed E-state index contributed by atoms with van der Waals surface area (Å²) in [5, 5.41) is 2.96. The standard InChI is InChI=1S/C23H29N3O5S/c1-25(2)20(18-8-11-21-22(14-18)31-16-30-21)15-24-23(27)17-6-9-19(10-7-17)32(28,29)26-12-4-3-5-13-26/h6-11,14,20H,3-5,12-13,15-16H2,1-2H3,(H,24,27). The summed E-state index contributed by atoms with van der Waals surface area (Å²) in [6.45, 7) is 1.71. The van der Waals surface area contributed by atoms with Gasteiger partial charge in [0.2, 0.25) is 16.8 Å². The van der Waals surface area contributed by atoms with Gasteiger partial charge in [0, 0.05) is 25.2 Å². The summed E-state index contributed by atoms with van der Waals surface area (Å²) >= 11 is 0. The van der Waals surface area contributed by atoms with E-state index in [0.29, 0.717) is 30.9 Å². The summed E-state index contributed by atoms with van der Waals surface area (Å²) in [5.74, 6) is 1.17. The Morgan fingerprint density at radius 1 is 1.03 bits per heavy atom. The molecule has 32 heavy (non-hydrogen) atoms. The molecule has 1 fully saturated rings. The van der Waals surface area contributed by atoms with E-state index < -0.39 is 10.0 Å². The molecule has 2 aliphatic heterocycles. The van der Waals surface area contributed by atoms with Gasteiger partial charge in [-0.1, -0.05) is 12.5 Å². The average Bonchev–Trinajstić information content (AvgIpc) is 3.27. The van der Waals surface area contributed by atoms with Crippen LogP contribution in [0, 0.1) is 0 Å². The molecule has 0 saturated carbocycles. The normalized spacial score (nSPS) is 17.3. The number of sulfonamides is 1. The molecule has 8 nitrogen and oxygen atoms in total. The molecule has 1 saturated heterocycles. The maximum Gasteiger partial charge on any atom is 0.251 e. The smallest absolute Gasteiger partial charge is 0.251 e. The summed E-state index contributed by atoms with van der Waals surface area (Å²) in [6.07, 6.45) is 2.83. The first-order valence-corrected chi connectivity index (χ1v) is 12.2. The first-order chi connectivity index (χ1) is 15.4. The predicted octanol–water partition coefficient (Wildman–Crippen LogP) is 2.62. The topological polar surface area (TPSA) is 88.2 Å². The van der Waals surface area contributed by atoms with Crippen LogP contribution in [0.5, 0.6) is 11.5 Å². The van der Waals surface area contributed by atoms with E-state index in [0.717, 1.165) is 30.6 Å². The summed E-state index contributed by atoms with van der Waals surface area (Å²) in [7, 11) is 0.382. The predicted molar refractivity (Wildman–Crippen MR) is 120 cm³/mol. The Morgan fingerprint density at radius 2 is 1.72 bits per heavy atom. The number of amides is 1. The van der Waals surface area contributed by atoms with Crippen molar-refractivity contribution in [2.45, 2.75) is 30.2 Å². The highest BCUT2D eigenvalue weighted by atomic mass is 32.2. The molecule has 2 heterocycles. The molecule has 4 rings (SSSR count). The van der Waals surface area contributed by atoms with E-state index in [9.17, 15) is 13.2 Å². The molecule has 0 aliphatic carbocycles. The molecule has 9 heteroatoms. The van der Waals surface area contributed by atoms with E-state index in [1.54, 1.807) is 12.1 Å². The van der Waals surface area contributed by atoms with Crippen molar-refractivity contribution in [3.8, 4) is 11.5 Å². The highest BCUT2D eigenvalue weighted by molar-refractivity contribution is 7.89. The molecular weight excluding hydrogens is 430 g/mol. The van der Waals surface area contributed by atoms with Crippen LogP contribution in [0.15, 0.2) is 47.4 Å². The van der Waals surface area contributed by atoms with Crippen molar-refractivity contribution >= 4 is 15.9 Å². The number of carbonyl (C=O) groups excluding carboxylic acids is 1. The number of fused-ring (bicyclic) bond motifs is 1. The van der Waals surface area contributed by atoms with Crippen molar-refractivity contribution in [2.75, 3.05) is 40.5 Å². The zero-order chi connectivity index (χ0) is 22.7. The van der Waals surface area contributed by atoms with Gasteiger partial charge in [-0.3, -0.25) is 4.79 Å². The van der Waals surface area contributed by atoms with Crippen molar-refractivity contribution in [1.82, 2.24) is 14.5 Å². The zero-order valence-corrected chi connectivity index (χ0v) is 19.2. The molecule has 1 atom stereocenters. The van der Waals surface area contributed by atoms with Crippen LogP contribution in [-0.4, -0.2) is 64.1 Å². The van der Waals surface area contributed by atoms with Crippen LogP contribution >= 0.6 is 0 Å². The van der Waals surface area contributed by atoms with Crippen molar-refractivity contribution in [1.29, 1.82) is 0 Å². The summed E-state index contributed by atoms with van der Waals surface area (Å²) in [6, 6.07) is 11.9. The van der Waals surface area contributed by atoms with E-state index >= 15 is 0 Å². The third-order valence-corrected chi connectivity index (χ3v) is 7.84. The molecule has 0 bridgehead atoms. The minimum atomic E-state index is -3.51. The van der Waals surface area contributed by atoms with Gasteiger partial charge in [-0.2, -0.15) is 4.31 Å². The fourth-order valence-corrected chi connectivity index (χ4v) is 5.56. The van der Waals surface area contributed by atoms with Gasteiger partial charge >= 0.3 is 0 Å². The van der Waals surface area contributed by atoms with Crippen molar-refractivity contribution in [3.63, 3.8) is 0 Å². The van der Waals surface area contributed by atoms with Crippen LogP contribution in [0.4, 0.5) is 0 Å². The molecule has 1 unspecified atom stereocenters. The van der Waals surface area contributed by atoms with Gasteiger partial charge in [0.15, 0.2) is 11.5 Å². The van der Waals surface area contributed by atoms with Crippen molar-refractivity contribution in [2.24, 2.45) is 0 Å². The van der Waals surface area contributed by atoms with Gasteiger partial charge < -0.3 is 19.7 Å². The molecule has 2 aromatic rings. The fourth-order valence-electron chi connectivity index (χ4n) is 4.04. The quantitative estimate of drug-likeness (QED) is 0.685. The van der Waals surface area contributed by atoms with Gasteiger partial charge in [-0.25, -0.2) is 8.42 Å². The lowest BCUT2D eigenvalue weighted by Crippen LogP contribution is -2.36. The van der Waals surface area contributed by atoms with E-state index in [1.165, 1.54) is 16.4 Å². The second-order valence-corrected chi connectivity index (χ2v) is 10.2. The first-order valence-electron chi connectivity index (χ1n) is 10.8. The number of piperidine rings is 1. The Balaban J connectivity index is 1.41. The number of nitrogens with one attached hydrogen (secondary N) is 1. The number of hydrogen-bond acceptors (Lipinski definition) is 6. The van der Waals surface area contributed by atoms with E-state index in [4.69, 9.17) is 9.47 Å². The summed E-state index contributed by atoms with van der Waals surface area (Å²) in [4.78, 5) is 15.0. The number of ether oxygens (including phenoxy) is 2. The third-order valence-electron chi connectivity index (χ3n) is 5.93. The summed E-state index contributed by atoms with van der Waals surface area (Å²) in [5.41, 5.74) is 1.42. The van der Waals surface area contributed by atoms with Crippen LogP contribution in [-0.2, 0) is 10.0 Å². The Morgan fingerprint density at radius 3 is 2.41 bits per heavy atom. The number of nitrogens with zero attached hydrogens (tertiary/aromatic N) is 2. The van der Waals surface area contributed by atoms with Gasteiger partial charge in [-0.15, -0.1) is 0 Å². The molecule has 172 valence electrons. The van der Waals surface area contributed by atoms with Crippen LogP contribution in [0.3, 0.4) is 0 Å². The highest BCUT2D eigenvalue weighted by Crippen LogP contribution is 2.35. The van der Waals surface area contributed by atoms with Gasteiger partial charge in [0.1, 0.15) is 0 Å². The molecule has 0 aromatic heterocycles. The van der Waals surface area contributed by atoms with E-state index in [2.05, 4.69) is 5.32 Å². The maximum atomic E-state index is 12.8. The SMILES string of the molecule is CN(C)C(CNC(=O)c1ccc(S(=O)(=O)N2CCCCC2)cc1)c1ccc2c(c1)OCO2. The minimum absolute atomic E-state index is 0.0628. The second-order valence-electron chi connectivity index (χ2n) is 8.29. The maximum absolute atomic E-state index is 12.8. The minimum Gasteiger partial charge on any atom is -0.454 e. The Bertz CT molecular complexity index is 1060. The van der Waals surface area contributed by atoms with Gasteiger partial charge in [0.25, 0.3) is 5.91 Å². The largest absolute Gasteiger partial charge is 0.454 e. The lowest BCUT2D eigenvalue weighted by Gasteiger charge is -2.26. The zero-order valence-electron chi connectivity index (χ0n) is 18.4. The number of hydrogen-bond donors (Lipinski definition) is 1. The van der Waals surface area contributed by atoms with E-state index in [1.807, 2.05) is 37.2 Å². The molecular formula is C23H29N3O5S. The number of rotatable bonds is 7. The molecule has 0 spiro atoms. The Hall–Kier alpha value is -2.62. The van der Waals surface area contributed by atoms with E-state index in [-0.39, 0.29) is 23.6 Å². The number of carbonyl (C=O) groups is 1. The first kappa shape index (κ1) is 22.6. The lowest BCUT2D eigenvalue weighted by molar-refractivity contribution is 0.0942. The average molecular weight is 460 g/mol. The van der Waals surface area contributed by atoms with Gasteiger partial charge in [0.05, 0.1) is 10.9 Å². The number of benzene rings is 2.